The van der Waals surface area contributed by atoms with Gasteiger partial charge in [0.1, 0.15) is 0 Å². The first-order valence-electron chi connectivity index (χ1n) is 7.11. The van der Waals surface area contributed by atoms with Crippen molar-refractivity contribution < 1.29 is 9.72 Å². The summed E-state index contributed by atoms with van der Waals surface area (Å²) < 4.78 is 0. The summed E-state index contributed by atoms with van der Waals surface area (Å²) in [6.07, 6.45) is 0.392. The highest BCUT2D eigenvalue weighted by Gasteiger charge is 2.36. The van der Waals surface area contributed by atoms with E-state index in [0.717, 1.165) is 0 Å². The predicted octanol–water partition coefficient (Wildman–Crippen LogP) is 3.37. The van der Waals surface area contributed by atoms with Crippen LogP contribution in [0.4, 0.5) is 11.4 Å². The molecule has 2 rings (SSSR count). The fraction of sp³-hybridized carbons (Fsp3) is 0.533. The Morgan fingerprint density at radius 1 is 1.41 bits per heavy atom. The Labute approximate surface area is 134 Å². The third kappa shape index (κ3) is 3.32. The fourth-order valence-electron chi connectivity index (χ4n) is 2.65. The molecule has 1 aromatic rings. The highest BCUT2D eigenvalue weighted by Crippen LogP contribution is 2.32. The molecule has 1 aliphatic heterocycles. The van der Waals surface area contributed by atoms with E-state index in [-0.39, 0.29) is 23.2 Å². The molecule has 22 heavy (non-hydrogen) atoms. The van der Waals surface area contributed by atoms with Gasteiger partial charge in [0.25, 0.3) is 5.69 Å². The van der Waals surface area contributed by atoms with Crippen LogP contribution < -0.4 is 5.32 Å². The number of hydrogen-bond acceptors (Lipinski definition) is 4. The monoisotopic (exact) mass is 325 g/mol. The van der Waals surface area contributed by atoms with Gasteiger partial charge in [-0.1, -0.05) is 11.6 Å². The van der Waals surface area contributed by atoms with E-state index in [1.807, 2.05) is 25.7 Å². The number of likely N-dealkylation sites (tertiary alicyclic amines) is 1. The van der Waals surface area contributed by atoms with Crippen molar-refractivity contribution in [2.75, 3.05) is 11.9 Å². The molecule has 1 fully saturated rings. The highest BCUT2D eigenvalue weighted by atomic mass is 35.5. The summed E-state index contributed by atoms with van der Waals surface area (Å²) in [7, 11) is 0. The smallest absolute Gasteiger partial charge is 0.273 e. The number of hydrogen-bond donors (Lipinski definition) is 1. The molecule has 0 radical (unpaired) electrons. The van der Waals surface area contributed by atoms with Gasteiger partial charge >= 0.3 is 0 Å². The lowest BCUT2D eigenvalue weighted by Crippen LogP contribution is -2.43. The Morgan fingerprint density at radius 3 is 2.55 bits per heavy atom. The first-order valence-corrected chi connectivity index (χ1v) is 7.49. The minimum absolute atomic E-state index is 0.00522. The van der Waals surface area contributed by atoms with Gasteiger partial charge in [0, 0.05) is 30.1 Å². The van der Waals surface area contributed by atoms with Crippen molar-refractivity contribution in [2.24, 2.45) is 0 Å². The van der Waals surface area contributed by atoms with Gasteiger partial charge in [-0.25, -0.2) is 0 Å². The second-order valence-corrected chi connectivity index (χ2v) is 7.00. The number of nitrogens with one attached hydrogen (secondary N) is 1. The van der Waals surface area contributed by atoms with E-state index in [1.165, 1.54) is 6.07 Å². The first-order chi connectivity index (χ1) is 10.1. The number of anilines is 1. The second-order valence-electron chi connectivity index (χ2n) is 6.60. The van der Waals surface area contributed by atoms with Gasteiger partial charge in [-0.2, -0.15) is 0 Å². The molecule has 0 aliphatic carbocycles. The van der Waals surface area contributed by atoms with Crippen molar-refractivity contribution >= 4 is 28.9 Å². The quantitative estimate of drug-likeness (QED) is 0.683. The van der Waals surface area contributed by atoms with Crippen LogP contribution in [0.1, 0.15) is 32.8 Å². The summed E-state index contributed by atoms with van der Waals surface area (Å²) in [5, 5.41) is 14.4. The normalized spacial score (nSPS) is 18.7. The number of halogens is 1. The summed E-state index contributed by atoms with van der Waals surface area (Å²) in [6.45, 7) is 8.25. The topological polar surface area (TPSA) is 75.5 Å². The molecule has 1 aliphatic rings. The molecule has 0 spiro atoms. The average Bonchev–Trinajstić information content (AvgIpc) is 2.74. The highest BCUT2D eigenvalue weighted by molar-refractivity contribution is 6.33. The molecule has 120 valence electrons. The molecule has 1 amide bonds. The summed E-state index contributed by atoms with van der Waals surface area (Å²) in [5.41, 5.74) is 0.935. The van der Waals surface area contributed by atoms with E-state index in [4.69, 9.17) is 11.6 Å². The Morgan fingerprint density at radius 2 is 2.05 bits per heavy atom. The Kier molecular flexibility index (Phi) is 4.33. The number of aryl methyl sites for hydroxylation is 1. The number of nitro groups is 1. The number of carbonyl (C=O) groups excluding carboxylic acids is 1. The van der Waals surface area contributed by atoms with Gasteiger partial charge in [-0.15, -0.1) is 0 Å². The summed E-state index contributed by atoms with van der Waals surface area (Å²) in [6, 6.07) is 2.95. The number of nitrogens with zero attached hydrogens (tertiary/aromatic N) is 2. The Hall–Kier alpha value is -1.82. The van der Waals surface area contributed by atoms with Gasteiger partial charge < -0.3 is 10.2 Å². The van der Waals surface area contributed by atoms with E-state index >= 15 is 0 Å². The van der Waals surface area contributed by atoms with Gasteiger partial charge in [0.2, 0.25) is 5.91 Å². The summed E-state index contributed by atoms with van der Waals surface area (Å²) >= 11 is 6.12. The van der Waals surface area contributed by atoms with Crippen LogP contribution in [0.3, 0.4) is 0 Å². The molecule has 0 aromatic heterocycles. The molecule has 6 nitrogen and oxygen atoms in total. The molecule has 0 saturated carbocycles. The van der Waals surface area contributed by atoms with Gasteiger partial charge in [0.15, 0.2) is 0 Å². The third-order valence-corrected chi connectivity index (χ3v) is 4.09. The first kappa shape index (κ1) is 16.5. The van der Waals surface area contributed by atoms with Crippen LogP contribution in [0.15, 0.2) is 12.1 Å². The number of rotatable bonds is 3. The van der Waals surface area contributed by atoms with Crippen LogP contribution in [0, 0.1) is 17.0 Å². The lowest BCUT2D eigenvalue weighted by Gasteiger charge is -2.32. The SMILES string of the molecule is Cc1cc(NC2CC(=O)N(C(C)(C)C)C2)c(Cl)cc1[N+](=O)[O-]. The standard InChI is InChI=1S/C15H20ClN3O3/c1-9-5-12(11(16)7-13(9)19(21)22)17-10-6-14(20)18(8-10)15(2,3)4/h5,7,10,17H,6,8H2,1-4H3. The zero-order valence-electron chi connectivity index (χ0n) is 13.1. The Bertz CT molecular complexity index is 625. The van der Waals surface area contributed by atoms with Gasteiger partial charge in [-0.3, -0.25) is 14.9 Å². The molecule has 1 atom stereocenters. The zero-order chi connectivity index (χ0) is 16.7. The van der Waals surface area contributed by atoms with E-state index in [0.29, 0.717) is 29.2 Å². The van der Waals surface area contributed by atoms with Crippen molar-refractivity contribution in [3.05, 3.63) is 32.8 Å². The maximum atomic E-state index is 12.1. The van der Waals surface area contributed by atoms with Crippen LogP contribution in [0.2, 0.25) is 5.02 Å². The van der Waals surface area contributed by atoms with E-state index in [2.05, 4.69) is 5.32 Å². The molecule has 1 N–H and O–H groups in total. The molecular formula is C15H20ClN3O3. The van der Waals surface area contributed by atoms with Gasteiger partial charge in [-0.05, 0) is 33.8 Å². The fourth-order valence-corrected chi connectivity index (χ4v) is 2.86. The van der Waals surface area contributed by atoms with E-state index in [9.17, 15) is 14.9 Å². The number of nitro benzene ring substituents is 1. The lowest BCUT2D eigenvalue weighted by molar-refractivity contribution is -0.385. The van der Waals surface area contributed by atoms with Crippen molar-refractivity contribution in [3.8, 4) is 0 Å². The van der Waals surface area contributed by atoms with E-state index in [1.54, 1.807) is 13.0 Å². The predicted molar refractivity (Wildman–Crippen MR) is 86.3 cm³/mol. The maximum Gasteiger partial charge on any atom is 0.273 e. The van der Waals surface area contributed by atoms with Gasteiger partial charge in [0.05, 0.1) is 21.7 Å². The molecule has 1 aromatic carbocycles. The van der Waals surface area contributed by atoms with Crippen molar-refractivity contribution in [2.45, 2.75) is 45.7 Å². The van der Waals surface area contributed by atoms with Crippen molar-refractivity contribution in [1.29, 1.82) is 0 Å². The number of benzene rings is 1. The number of amides is 1. The Balaban J connectivity index is 2.17. The van der Waals surface area contributed by atoms with Crippen LogP contribution >= 0.6 is 11.6 Å². The third-order valence-electron chi connectivity index (χ3n) is 3.78. The molecule has 1 unspecified atom stereocenters. The molecule has 1 saturated heterocycles. The second kappa shape index (κ2) is 5.76. The maximum absolute atomic E-state index is 12.1. The average molecular weight is 326 g/mol. The molecule has 0 bridgehead atoms. The summed E-state index contributed by atoms with van der Waals surface area (Å²) in [4.78, 5) is 24.4. The van der Waals surface area contributed by atoms with Crippen LogP contribution in [-0.4, -0.2) is 33.9 Å². The van der Waals surface area contributed by atoms with Crippen LogP contribution in [-0.2, 0) is 4.79 Å². The minimum Gasteiger partial charge on any atom is -0.379 e. The van der Waals surface area contributed by atoms with Crippen LogP contribution in [0.25, 0.3) is 0 Å². The molecule has 7 heteroatoms. The van der Waals surface area contributed by atoms with E-state index < -0.39 is 4.92 Å². The van der Waals surface area contributed by atoms with Crippen molar-refractivity contribution in [3.63, 3.8) is 0 Å². The zero-order valence-corrected chi connectivity index (χ0v) is 13.9. The molecule has 1 heterocycles. The number of carbonyl (C=O) groups is 1. The van der Waals surface area contributed by atoms with Crippen LogP contribution in [0.5, 0.6) is 0 Å². The van der Waals surface area contributed by atoms with Crippen molar-refractivity contribution in [1.82, 2.24) is 4.90 Å². The largest absolute Gasteiger partial charge is 0.379 e. The minimum atomic E-state index is -0.453. The lowest BCUT2D eigenvalue weighted by atomic mass is 10.1. The summed E-state index contributed by atoms with van der Waals surface area (Å²) in [5.74, 6) is 0.0970. The molecular weight excluding hydrogens is 306 g/mol.